The Kier molecular flexibility index (Phi) is 5.02. The maximum atomic E-state index is 12.8. The van der Waals surface area contributed by atoms with E-state index in [1.807, 2.05) is 30.3 Å². The van der Waals surface area contributed by atoms with Gasteiger partial charge in [-0.05, 0) is 23.6 Å². The molecule has 0 atom stereocenters. The van der Waals surface area contributed by atoms with Gasteiger partial charge < -0.3 is 9.47 Å². The lowest BCUT2D eigenvalue weighted by molar-refractivity contribution is 0.0897. The molecular weight excluding hydrogens is 416 g/mol. The van der Waals surface area contributed by atoms with Crippen LogP contribution in [0.1, 0.15) is 20.9 Å². The lowest BCUT2D eigenvalue weighted by atomic mass is 10.1. The van der Waals surface area contributed by atoms with Crippen molar-refractivity contribution in [1.29, 1.82) is 0 Å². The van der Waals surface area contributed by atoms with Crippen LogP contribution < -0.4 is 9.47 Å². The summed E-state index contributed by atoms with van der Waals surface area (Å²) in [5, 5.41) is 2.14. The summed E-state index contributed by atoms with van der Waals surface area (Å²) in [6, 6.07) is 16.2. The molecule has 0 aliphatic carbocycles. The van der Waals surface area contributed by atoms with E-state index in [1.165, 1.54) is 21.4 Å². The Labute approximate surface area is 182 Å². The molecule has 5 rings (SSSR count). The molecule has 0 saturated carbocycles. The number of ether oxygens (including phenoxy) is 2. The summed E-state index contributed by atoms with van der Waals surface area (Å²) < 4.78 is 12.0. The van der Waals surface area contributed by atoms with Gasteiger partial charge in [-0.1, -0.05) is 24.3 Å². The van der Waals surface area contributed by atoms with E-state index in [0.29, 0.717) is 19.6 Å². The molecule has 0 fully saturated rings. The fourth-order valence-corrected chi connectivity index (χ4v) is 5.86. The Morgan fingerprint density at radius 3 is 2.70 bits per heavy atom. The number of carbonyl (C=O) groups excluding carboxylic acids is 1. The summed E-state index contributed by atoms with van der Waals surface area (Å²) in [5.41, 5.74) is 1.89. The van der Waals surface area contributed by atoms with Gasteiger partial charge in [0.15, 0.2) is 5.78 Å². The summed E-state index contributed by atoms with van der Waals surface area (Å²) in [4.78, 5) is 21.7. The van der Waals surface area contributed by atoms with Gasteiger partial charge in [0.1, 0.15) is 16.5 Å². The fourth-order valence-electron chi connectivity index (χ4n) is 3.75. The van der Waals surface area contributed by atoms with Crippen LogP contribution in [0, 0.1) is 0 Å². The number of nitrogens with zero attached hydrogens (tertiary/aromatic N) is 2. The quantitative estimate of drug-likeness (QED) is 0.428. The summed E-state index contributed by atoms with van der Waals surface area (Å²) in [6.07, 6.45) is 0. The number of hydrogen-bond donors (Lipinski definition) is 0. The third-order valence-corrected chi connectivity index (χ3v) is 7.64. The number of thiophene rings is 1. The van der Waals surface area contributed by atoms with Gasteiger partial charge in [-0.2, -0.15) is 0 Å². The van der Waals surface area contributed by atoms with Crippen LogP contribution in [0.4, 0.5) is 0 Å². The van der Waals surface area contributed by atoms with Gasteiger partial charge in [0.2, 0.25) is 0 Å². The highest BCUT2D eigenvalue weighted by Gasteiger charge is 2.28. The Bertz CT molecular complexity index is 1210. The molecule has 7 heteroatoms. The number of fused-ring (bicyclic) bond motifs is 2. The molecule has 0 spiro atoms. The molecule has 1 aliphatic heterocycles. The molecule has 0 amide bonds. The molecule has 5 nitrogen and oxygen atoms in total. The van der Waals surface area contributed by atoms with Crippen molar-refractivity contribution in [3.05, 3.63) is 64.7 Å². The molecule has 1 aliphatic rings. The van der Waals surface area contributed by atoms with Crippen LogP contribution in [0.25, 0.3) is 20.0 Å². The third kappa shape index (κ3) is 3.49. The third-order valence-electron chi connectivity index (χ3n) is 5.22. The molecule has 0 unspecified atom stereocenters. The highest BCUT2D eigenvalue weighted by molar-refractivity contribution is 7.26. The number of ketones is 1. The Morgan fingerprint density at radius 2 is 1.90 bits per heavy atom. The highest BCUT2D eigenvalue weighted by Crippen LogP contribution is 2.38. The van der Waals surface area contributed by atoms with Crippen LogP contribution >= 0.6 is 22.7 Å². The number of methoxy groups -OCH3 is 2. The normalized spacial score (nSPS) is 14.1. The van der Waals surface area contributed by atoms with Gasteiger partial charge in [-0.15, -0.1) is 22.7 Å². The first kappa shape index (κ1) is 19.2. The molecule has 0 saturated heterocycles. The van der Waals surface area contributed by atoms with Crippen LogP contribution in [0.3, 0.4) is 0 Å². The average Bonchev–Trinajstić information content (AvgIpc) is 3.38. The number of Topliss-reactive ketones (excluding diaryl/α,β-unsaturated/α-hetero) is 1. The second-order valence-electron chi connectivity index (χ2n) is 7.19. The van der Waals surface area contributed by atoms with Gasteiger partial charge >= 0.3 is 0 Å². The van der Waals surface area contributed by atoms with Crippen molar-refractivity contribution in [3.63, 3.8) is 0 Å². The minimum absolute atomic E-state index is 0.133. The number of thiazole rings is 1. The smallest absolute Gasteiger partial charge is 0.188 e. The molecule has 2 aromatic carbocycles. The number of benzene rings is 2. The van der Waals surface area contributed by atoms with E-state index in [0.717, 1.165) is 37.5 Å². The summed E-state index contributed by atoms with van der Waals surface area (Å²) >= 11 is 3.24. The average molecular weight is 437 g/mol. The summed E-state index contributed by atoms with van der Waals surface area (Å²) in [6.45, 7) is 1.65. The lowest BCUT2D eigenvalue weighted by Gasteiger charge is -2.25. The predicted octanol–water partition coefficient (Wildman–Crippen LogP) is 5.24. The Balaban J connectivity index is 1.41. The monoisotopic (exact) mass is 436 g/mol. The molecule has 3 heterocycles. The van der Waals surface area contributed by atoms with Gasteiger partial charge in [0.05, 0.1) is 36.2 Å². The van der Waals surface area contributed by atoms with E-state index in [-0.39, 0.29) is 5.78 Å². The van der Waals surface area contributed by atoms with Crippen LogP contribution in [-0.2, 0) is 13.1 Å². The van der Waals surface area contributed by atoms with Crippen LogP contribution in [0.15, 0.2) is 48.5 Å². The van der Waals surface area contributed by atoms with Gasteiger partial charge in [-0.25, -0.2) is 4.98 Å². The maximum absolute atomic E-state index is 12.8. The zero-order chi connectivity index (χ0) is 20.7. The highest BCUT2D eigenvalue weighted by atomic mass is 32.1. The molecule has 152 valence electrons. The van der Waals surface area contributed by atoms with Crippen molar-refractivity contribution < 1.29 is 14.3 Å². The standard InChI is InChI=1S/C23H20N2O3S2/c1-27-16-8-7-15(19(10-16)28-2)11-25-12-17-22(18(26)13-25)30-23(24-17)21-9-14-5-3-4-6-20(14)29-21/h3-10H,11-13H2,1-2H3. The van der Waals surface area contributed by atoms with Crippen LogP contribution in [-0.4, -0.2) is 36.4 Å². The van der Waals surface area contributed by atoms with Gasteiger partial charge in [0, 0.05) is 29.4 Å². The first-order chi connectivity index (χ1) is 14.6. The SMILES string of the molecule is COc1ccc(CN2CC(=O)c3sc(-c4cc5ccccc5s4)nc3C2)c(OC)c1. The number of carbonyl (C=O) groups is 1. The molecule has 0 bridgehead atoms. The van der Waals surface area contributed by atoms with E-state index in [2.05, 4.69) is 23.1 Å². The molecule has 30 heavy (non-hydrogen) atoms. The minimum Gasteiger partial charge on any atom is -0.497 e. The maximum Gasteiger partial charge on any atom is 0.188 e. The minimum atomic E-state index is 0.133. The Morgan fingerprint density at radius 1 is 1.03 bits per heavy atom. The zero-order valence-corrected chi connectivity index (χ0v) is 18.3. The molecular formula is C23H20N2O3S2. The number of hydrogen-bond acceptors (Lipinski definition) is 7. The van der Waals surface area contributed by atoms with E-state index >= 15 is 0 Å². The molecule has 4 aromatic rings. The topological polar surface area (TPSA) is 51.7 Å². The lowest BCUT2D eigenvalue weighted by Crippen LogP contribution is -2.34. The van der Waals surface area contributed by atoms with Crippen molar-refractivity contribution in [1.82, 2.24) is 9.88 Å². The Hall–Kier alpha value is -2.74. The van der Waals surface area contributed by atoms with E-state index in [9.17, 15) is 4.79 Å². The first-order valence-corrected chi connectivity index (χ1v) is 11.2. The van der Waals surface area contributed by atoms with E-state index < -0.39 is 0 Å². The van der Waals surface area contributed by atoms with Crippen molar-refractivity contribution in [2.45, 2.75) is 13.1 Å². The summed E-state index contributed by atoms with van der Waals surface area (Å²) in [5.74, 6) is 1.64. The van der Waals surface area contributed by atoms with Crippen molar-refractivity contribution in [2.24, 2.45) is 0 Å². The zero-order valence-electron chi connectivity index (χ0n) is 16.7. The van der Waals surface area contributed by atoms with Crippen molar-refractivity contribution >= 4 is 38.5 Å². The predicted molar refractivity (Wildman–Crippen MR) is 121 cm³/mol. The van der Waals surface area contributed by atoms with E-state index in [4.69, 9.17) is 14.5 Å². The largest absolute Gasteiger partial charge is 0.497 e. The second-order valence-corrected chi connectivity index (χ2v) is 9.27. The number of rotatable bonds is 5. The van der Waals surface area contributed by atoms with Crippen molar-refractivity contribution in [2.75, 3.05) is 20.8 Å². The van der Waals surface area contributed by atoms with Crippen LogP contribution in [0.5, 0.6) is 11.5 Å². The van der Waals surface area contributed by atoms with Crippen LogP contribution in [0.2, 0.25) is 0 Å². The first-order valence-electron chi connectivity index (χ1n) is 9.59. The number of aromatic nitrogens is 1. The molecule has 2 aromatic heterocycles. The van der Waals surface area contributed by atoms with Gasteiger partial charge in [-0.3, -0.25) is 9.69 Å². The molecule has 0 N–H and O–H groups in total. The van der Waals surface area contributed by atoms with E-state index in [1.54, 1.807) is 25.6 Å². The van der Waals surface area contributed by atoms with Crippen molar-refractivity contribution in [3.8, 4) is 21.4 Å². The fraction of sp³-hybridized carbons (Fsp3) is 0.217. The summed E-state index contributed by atoms with van der Waals surface area (Å²) in [7, 11) is 3.28. The molecule has 0 radical (unpaired) electrons. The van der Waals surface area contributed by atoms with Gasteiger partial charge in [0.25, 0.3) is 0 Å². The second kappa shape index (κ2) is 7.83.